The van der Waals surface area contributed by atoms with Gasteiger partial charge < -0.3 is 5.43 Å². The number of anilines is 1. The van der Waals surface area contributed by atoms with Gasteiger partial charge in [0.1, 0.15) is 5.82 Å². The van der Waals surface area contributed by atoms with E-state index in [0.717, 1.165) is 10.0 Å². The summed E-state index contributed by atoms with van der Waals surface area (Å²) in [6.45, 7) is 0.204. The maximum Gasteiger partial charge on any atom is 0.241 e. The zero-order chi connectivity index (χ0) is 14.6. The number of halogens is 1. The molecule has 4 N–H and O–H groups in total. The number of sulfonamides is 1. The third-order valence-electron chi connectivity index (χ3n) is 2.54. The fourth-order valence-corrected chi connectivity index (χ4v) is 3.04. The van der Waals surface area contributed by atoms with E-state index in [-0.39, 0.29) is 17.3 Å². The van der Waals surface area contributed by atoms with Gasteiger partial charge in [-0.25, -0.2) is 24.0 Å². The van der Waals surface area contributed by atoms with Crippen LogP contribution in [-0.2, 0) is 16.6 Å². The van der Waals surface area contributed by atoms with Gasteiger partial charge in [-0.3, -0.25) is 0 Å². The summed E-state index contributed by atoms with van der Waals surface area (Å²) in [7, 11) is -3.60. The Bertz CT molecular complexity index is 706. The lowest BCUT2D eigenvalue weighted by molar-refractivity contribution is 0.581. The van der Waals surface area contributed by atoms with E-state index in [9.17, 15) is 8.42 Å². The van der Waals surface area contributed by atoms with Gasteiger partial charge in [-0.15, -0.1) is 0 Å². The van der Waals surface area contributed by atoms with Crippen LogP contribution in [0.4, 0.5) is 5.82 Å². The van der Waals surface area contributed by atoms with Crippen LogP contribution >= 0.6 is 15.9 Å². The summed E-state index contributed by atoms with van der Waals surface area (Å²) in [4.78, 5) is 3.97. The molecule has 2 aromatic rings. The lowest BCUT2D eigenvalue weighted by atomic mass is 10.2. The van der Waals surface area contributed by atoms with Gasteiger partial charge in [0.25, 0.3) is 0 Å². The number of nitrogens with zero attached hydrogens (tertiary/aromatic N) is 1. The van der Waals surface area contributed by atoms with Crippen molar-refractivity contribution in [3.63, 3.8) is 0 Å². The predicted molar refractivity (Wildman–Crippen MR) is 80.2 cm³/mol. The minimum atomic E-state index is -3.60. The van der Waals surface area contributed by atoms with Crippen LogP contribution in [-0.4, -0.2) is 13.4 Å². The Hall–Kier alpha value is -1.48. The molecule has 8 heteroatoms. The van der Waals surface area contributed by atoms with Crippen molar-refractivity contribution in [3.8, 4) is 0 Å². The van der Waals surface area contributed by atoms with E-state index in [1.165, 1.54) is 18.3 Å². The van der Waals surface area contributed by atoms with Crippen molar-refractivity contribution in [3.05, 3.63) is 52.6 Å². The fraction of sp³-hybridized carbons (Fsp3) is 0.0833. The van der Waals surface area contributed by atoms with Gasteiger partial charge in [0.05, 0.1) is 4.90 Å². The van der Waals surface area contributed by atoms with E-state index in [1.807, 2.05) is 24.3 Å². The van der Waals surface area contributed by atoms with Crippen LogP contribution in [0, 0.1) is 0 Å². The Morgan fingerprint density at radius 3 is 2.75 bits per heavy atom. The van der Waals surface area contributed by atoms with Crippen LogP contribution in [0.1, 0.15) is 5.56 Å². The van der Waals surface area contributed by atoms with Gasteiger partial charge >= 0.3 is 0 Å². The van der Waals surface area contributed by atoms with E-state index < -0.39 is 10.0 Å². The highest BCUT2D eigenvalue weighted by Crippen LogP contribution is 2.14. The summed E-state index contributed by atoms with van der Waals surface area (Å²) in [5, 5.41) is 0. The predicted octanol–water partition coefficient (Wildman–Crippen LogP) is 1.61. The molecule has 20 heavy (non-hydrogen) atoms. The number of hydrazine groups is 1. The zero-order valence-electron chi connectivity index (χ0n) is 10.4. The number of aromatic nitrogens is 1. The molecule has 1 aromatic heterocycles. The zero-order valence-corrected chi connectivity index (χ0v) is 12.8. The molecule has 1 aromatic carbocycles. The average Bonchev–Trinajstić information content (AvgIpc) is 2.45. The van der Waals surface area contributed by atoms with E-state index in [4.69, 9.17) is 5.84 Å². The summed E-state index contributed by atoms with van der Waals surface area (Å²) in [5.41, 5.74) is 3.17. The van der Waals surface area contributed by atoms with Gasteiger partial charge in [0, 0.05) is 23.3 Å². The van der Waals surface area contributed by atoms with Crippen molar-refractivity contribution in [1.82, 2.24) is 9.71 Å². The molecule has 0 spiro atoms. The van der Waals surface area contributed by atoms with E-state index in [0.29, 0.717) is 0 Å². The van der Waals surface area contributed by atoms with Gasteiger partial charge in [0.2, 0.25) is 10.0 Å². The maximum atomic E-state index is 12.1. The normalized spacial score (nSPS) is 11.3. The number of nitrogens with two attached hydrogens (primary N) is 1. The van der Waals surface area contributed by atoms with Gasteiger partial charge in [0.15, 0.2) is 0 Å². The number of benzene rings is 1. The Kier molecular flexibility index (Phi) is 4.71. The van der Waals surface area contributed by atoms with Crippen molar-refractivity contribution >= 4 is 31.8 Å². The number of hydrogen-bond acceptors (Lipinski definition) is 5. The van der Waals surface area contributed by atoms with Crippen molar-refractivity contribution in [2.75, 3.05) is 5.43 Å². The standard InChI is InChI=1S/C12H13BrN4O2S/c13-10-3-1-2-9(6-10)8-16-20(18,19)11-4-5-15-12(7-11)17-14/h1-7,16H,8,14H2,(H,15,17). The van der Waals surface area contributed by atoms with Crippen molar-refractivity contribution in [1.29, 1.82) is 0 Å². The molecule has 0 aliphatic heterocycles. The molecule has 2 rings (SSSR count). The van der Waals surface area contributed by atoms with Gasteiger partial charge in [-0.05, 0) is 23.8 Å². The molecule has 0 saturated heterocycles. The first kappa shape index (κ1) is 14.9. The van der Waals surface area contributed by atoms with Crippen LogP contribution in [0.5, 0.6) is 0 Å². The number of hydrogen-bond donors (Lipinski definition) is 3. The van der Waals surface area contributed by atoms with Crippen LogP contribution in [0.15, 0.2) is 52.0 Å². The summed E-state index contributed by atoms with van der Waals surface area (Å²) >= 11 is 3.34. The van der Waals surface area contributed by atoms with Crippen molar-refractivity contribution in [2.24, 2.45) is 5.84 Å². The number of nitrogens with one attached hydrogen (secondary N) is 2. The highest BCUT2D eigenvalue weighted by Gasteiger charge is 2.14. The highest BCUT2D eigenvalue weighted by atomic mass is 79.9. The van der Waals surface area contributed by atoms with Gasteiger partial charge in [-0.2, -0.15) is 0 Å². The number of pyridine rings is 1. The largest absolute Gasteiger partial charge is 0.308 e. The second-order valence-corrected chi connectivity index (χ2v) is 6.66. The van der Waals surface area contributed by atoms with Gasteiger partial charge in [-0.1, -0.05) is 28.1 Å². The molecule has 0 saturated carbocycles. The van der Waals surface area contributed by atoms with Crippen LogP contribution in [0.2, 0.25) is 0 Å². The van der Waals surface area contributed by atoms with E-state index >= 15 is 0 Å². The van der Waals surface area contributed by atoms with E-state index in [2.05, 4.69) is 31.1 Å². The van der Waals surface area contributed by atoms with Crippen LogP contribution in [0.25, 0.3) is 0 Å². The summed E-state index contributed by atoms with van der Waals surface area (Å²) in [5.74, 6) is 5.50. The van der Waals surface area contributed by atoms with Crippen molar-refractivity contribution in [2.45, 2.75) is 11.4 Å². The first-order valence-electron chi connectivity index (χ1n) is 5.68. The second kappa shape index (κ2) is 6.31. The van der Waals surface area contributed by atoms with E-state index in [1.54, 1.807) is 0 Å². The molecule has 6 nitrogen and oxygen atoms in total. The second-order valence-electron chi connectivity index (χ2n) is 3.98. The summed E-state index contributed by atoms with van der Waals surface area (Å²) < 4.78 is 27.7. The Balaban J connectivity index is 2.15. The monoisotopic (exact) mass is 356 g/mol. The average molecular weight is 357 g/mol. The Morgan fingerprint density at radius 1 is 1.25 bits per heavy atom. The van der Waals surface area contributed by atoms with Crippen molar-refractivity contribution < 1.29 is 8.42 Å². The third kappa shape index (κ3) is 3.76. The molecular weight excluding hydrogens is 344 g/mol. The first-order valence-corrected chi connectivity index (χ1v) is 7.96. The molecule has 106 valence electrons. The maximum absolute atomic E-state index is 12.1. The minimum Gasteiger partial charge on any atom is -0.308 e. The van der Waals surface area contributed by atoms with Crippen LogP contribution < -0.4 is 16.0 Å². The smallest absolute Gasteiger partial charge is 0.241 e. The molecule has 0 fully saturated rings. The lowest BCUT2D eigenvalue weighted by Crippen LogP contribution is -2.23. The first-order chi connectivity index (χ1) is 9.51. The molecule has 0 radical (unpaired) electrons. The Morgan fingerprint density at radius 2 is 2.05 bits per heavy atom. The number of nitrogen functional groups attached to an aromatic ring is 1. The molecule has 0 bridgehead atoms. The summed E-state index contributed by atoms with van der Waals surface area (Å²) in [6, 6.07) is 10.2. The number of rotatable bonds is 5. The molecule has 0 unspecified atom stereocenters. The topological polar surface area (TPSA) is 97.1 Å². The quantitative estimate of drug-likeness (QED) is 0.558. The molecule has 0 amide bonds. The third-order valence-corrected chi connectivity index (χ3v) is 4.44. The molecule has 0 aliphatic rings. The Labute approximate surface area is 125 Å². The highest BCUT2D eigenvalue weighted by molar-refractivity contribution is 9.10. The SMILES string of the molecule is NNc1cc(S(=O)(=O)NCc2cccc(Br)c2)ccn1. The molecular formula is C12H13BrN4O2S. The minimum absolute atomic E-state index is 0.107. The summed E-state index contributed by atoms with van der Waals surface area (Å²) in [6.07, 6.45) is 1.38. The molecule has 0 aliphatic carbocycles. The lowest BCUT2D eigenvalue weighted by Gasteiger charge is -2.08. The molecule has 1 heterocycles. The molecule has 0 atom stereocenters. The fourth-order valence-electron chi connectivity index (χ4n) is 1.57. The van der Waals surface area contributed by atoms with Crippen LogP contribution in [0.3, 0.4) is 0 Å².